The Labute approximate surface area is 196 Å². The second kappa shape index (κ2) is 12.1. The van der Waals surface area contributed by atoms with Crippen molar-refractivity contribution in [3.05, 3.63) is 108 Å². The van der Waals surface area contributed by atoms with Crippen LogP contribution in [0.2, 0.25) is 0 Å². The van der Waals surface area contributed by atoms with E-state index in [-0.39, 0.29) is 18.1 Å². The predicted octanol–water partition coefficient (Wildman–Crippen LogP) is 4.08. The molecule has 33 heavy (non-hydrogen) atoms. The predicted molar refractivity (Wildman–Crippen MR) is 128 cm³/mol. The molecule has 0 amide bonds. The van der Waals surface area contributed by atoms with Crippen LogP contribution in [0.25, 0.3) is 0 Å². The maximum absolute atomic E-state index is 11.0. The molecule has 5 nitrogen and oxygen atoms in total. The van der Waals surface area contributed by atoms with Crippen molar-refractivity contribution in [3.63, 3.8) is 0 Å². The van der Waals surface area contributed by atoms with Crippen LogP contribution in [0.1, 0.15) is 23.1 Å². The number of rotatable bonds is 10. The summed E-state index contributed by atoms with van der Waals surface area (Å²) in [4.78, 5) is 0. The Balaban J connectivity index is 1.46. The van der Waals surface area contributed by atoms with E-state index in [1.54, 1.807) is 0 Å². The summed E-state index contributed by atoms with van der Waals surface area (Å²) in [6, 6.07) is 29.7. The first-order valence-electron chi connectivity index (χ1n) is 11.6. The van der Waals surface area contributed by atoms with Gasteiger partial charge in [0.25, 0.3) is 0 Å². The third kappa shape index (κ3) is 6.73. The van der Waals surface area contributed by atoms with Crippen LogP contribution < -0.4 is 5.73 Å². The van der Waals surface area contributed by atoms with Gasteiger partial charge < -0.3 is 25.1 Å². The number of hydrogen-bond donors (Lipinski definition) is 2. The fourth-order valence-electron chi connectivity index (χ4n) is 4.35. The fourth-order valence-corrected chi connectivity index (χ4v) is 4.35. The Hall–Kier alpha value is -2.54. The lowest BCUT2D eigenvalue weighted by Gasteiger charge is -2.43. The molecule has 1 fully saturated rings. The van der Waals surface area contributed by atoms with Crippen molar-refractivity contribution >= 4 is 0 Å². The van der Waals surface area contributed by atoms with Crippen molar-refractivity contribution in [1.29, 1.82) is 0 Å². The second-order valence-electron chi connectivity index (χ2n) is 8.65. The van der Waals surface area contributed by atoms with Crippen molar-refractivity contribution in [3.8, 4) is 0 Å². The molecule has 0 aliphatic heterocycles. The topological polar surface area (TPSA) is 73.9 Å². The van der Waals surface area contributed by atoms with Gasteiger partial charge in [0.2, 0.25) is 0 Å². The summed E-state index contributed by atoms with van der Waals surface area (Å²) in [5.74, 6) is -0.290. The highest BCUT2D eigenvalue weighted by molar-refractivity contribution is 5.15. The number of ether oxygens (including phenoxy) is 3. The largest absolute Gasteiger partial charge is 0.391 e. The average Bonchev–Trinajstić information content (AvgIpc) is 2.86. The highest BCUT2D eigenvalue weighted by atomic mass is 16.5. The molecular weight excluding hydrogens is 414 g/mol. The molecule has 0 saturated heterocycles. The van der Waals surface area contributed by atoms with Gasteiger partial charge in [0.05, 0.1) is 44.7 Å². The maximum atomic E-state index is 11.0. The van der Waals surface area contributed by atoms with Gasteiger partial charge in [-0.25, -0.2) is 0 Å². The van der Waals surface area contributed by atoms with Gasteiger partial charge in [0, 0.05) is 12.0 Å². The van der Waals surface area contributed by atoms with Crippen LogP contribution in [0.3, 0.4) is 0 Å². The molecule has 0 heterocycles. The lowest BCUT2D eigenvalue weighted by molar-refractivity contribution is -0.174. The number of benzene rings is 3. The molecule has 3 N–H and O–H groups in total. The minimum atomic E-state index is -0.724. The smallest absolute Gasteiger partial charge is 0.0917 e. The summed E-state index contributed by atoms with van der Waals surface area (Å²) < 4.78 is 18.7. The number of aliphatic hydroxyl groups excluding tert-OH is 1. The molecule has 1 saturated carbocycles. The summed E-state index contributed by atoms with van der Waals surface area (Å²) in [6.07, 6.45) is -0.766. The molecule has 3 unspecified atom stereocenters. The number of aliphatic hydroxyl groups is 1. The Morgan fingerprint density at radius 2 is 1.18 bits per heavy atom. The zero-order valence-corrected chi connectivity index (χ0v) is 18.8. The summed E-state index contributed by atoms with van der Waals surface area (Å²) in [6.45, 7) is 1.72. The van der Waals surface area contributed by atoms with E-state index in [9.17, 15) is 5.11 Å². The van der Waals surface area contributed by atoms with E-state index < -0.39 is 12.1 Å². The van der Waals surface area contributed by atoms with Gasteiger partial charge in [-0.3, -0.25) is 0 Å². The molecule has 3 aromatic rings. The second-order valence-corrected chi connectivity index (χ2v) is 8.65. The first kappa shape index (κ1) is 23.6. The van der Waals surface area contributed by atoms with Crippen LogP contribution in [0.4, 0.5) is 0 Å². The fraction of sp³-hybridized carbons (Fsp3) is 0.357. The summed E-state index contributed by atoms with van der Waals surface area (Å²) >= 11 is 0. The summed E-state index contributed by atoms with van der Waals surface area (Å²) in [7, 11) is 0. The van der Waals surface area contributed by atoms with Gasteiger partial charge in [-0.05, 0) is 23.1 Å². The Kier molecular flexibility index (Phi) is 8.64. The van der Waals surface area contributed by atoms with E-state index in [4.69, 9.17) is 19.9 Å². The van der Waals surface area contributed by atoms with E-state index >= 15 is 0 Å². The highest BCUT2D eigenvalue weighted by Crippen LogP contribution is 2.31. The van der Waals surface area contributed by atoms with Crippen molar-refractivity contribution in [2.75, 3.05) is 6.61 Å². The summed E-state index contributed by atoms with van der Waals surface area (Å²) in [5, 5.41) is 11.0. The van der Waals surface area contributed by atoms with Gasteiger partial charge in [-0.2, -0.15) is 0 Å². The van der Waals surface area contributed by atoms with E-state index in [1.165, 1.54) is 0 Å². The molecule has 0 aromatic heterocycles. The standard InChI is InChI=1S/C28H33NO4/c29-25-16-26(32-18-22-12-6-2-7-13-22)28(33-19-23-14-8-3-9-15-23)24(27(25)30)20-31-17-21-10-4-1-5-11-21/h1-15,24-28,30H,16-20,29H2/t24?,25-,26?,27?,28-/m1/s1. The lowest BCUT2D eigenvalue weighted by Crippen LogP contribution is -2.58. The molecule has 5 heteroatoms. The lowest BCUT2D eigenvalue weighted by atomic mass is 9.79. The van der Waals surface area contributed by atoms with E-state index in [0.29, 0.717) is 32.8 Å². The maximum Gasteiger partial charge on any atom is 0.0917 e. The zero-order chi connectivity index (χ0) is 22.9. The molecule has 0 radical (unpaired) electrons. The van der Waals surface area contributed by atoms with Gasteiger partial charge >= 0.3 is 0 Å². The van der Waals surface area contributed by atoms with Crippen LogP contribution in [-0.2, 0) is 34.0 Å². The molecular formula is C28H33NO4. The van der Waals surface area contributed by atoms with E-state index in [1.807, 2.05) is 91.0 Å². The van der Waals surface area contributed by atoms with Crippen molar-refractivity contribution < 1.29 is 19.3 Å². The summed E-state index contributed by atoms with van der Waals surface area (Å²) in [5.41, 5.74) is 9.60. The van der Waals surface area contributed by atoms with Gasteiger partial charge in [0.1, 0.15) is 0 Å². The molecule has 1 aliphatic carbocycles. The monoisotopic (exact) mass is 447 g/mol. The Morgan fingerprint density at radius 3 is 1.73 bits per heavy atom. The van der Waals surface area contributed by atoms with Crippen molar-refractivity contribution in [2.45, 2.75) is 50.6 Å². The van der Waals surface area contributed by atoms with Crippen LogP contribution in [-0.4, -0.2) is 36.1 Å². The van der Waals surface area contributed by atoms with Crippen molar-refractivity contribution in [1.82, 2.24) is 0 Å². The van der Waals surface area contributed by atoms with Crippen LogP contribution in [0.15, 0.2) is 91.0 Å². The normalized spacial score (nSPS) is 25.1. The van der Waals surface area contributed by atoms with Gasteiger partial charge in [0.15, 0.2) is 0 Å². The Bertz CT molecular complexity index is 938. The number of nitrogens with two attached hydrogens (primary N) is 1. The Morgan fingerprint density at radius 1 is 0.697 bits per heavy atom. The molecule has 174 valence electrons. The SMILES string of the molecule is N[C@@H]1CC(OCc2ccccc2)[C@H](OCc2ccccc2)C(COCc2ccccc2)C1O. The van der Waals surface area contributed by atoms with E-state index in [2.05, 4.69) is 0 Å². The number of hydrogen-bond acceptors (Lipinski definition) is 5. The average molecular weight is 448 g/mol. The van der Waals surface area contributed by atoms with Gasteiger partial charge in [-0.1, -0.05) is 91.0 Å². The molecule has 3 aromatic carbocycles. The van der Waals surface area contributed by atoms with Crippen LogP contribution >= 0.6 is 0 Å². The third-order valence-corrected chi connectivity index (χ3v) is 6.18. The molecule has 0 bridgehead atoms. The minimum absolute atomic E-state index is 0.238. The molecule has 1 aliphatic rings. The minimum Gasteiger partial charge on any atom is -0.391 e. The quantitative estimate of drug-likeness (QED) is 0.490. The first-order valence-corrected chi connectivity index (χ1v) is 11.6. The van der Waals surface area contributed by atoms with Crippen LogP contribution in [0, 0.1) is 5.92 Å². The molecule has 0 spiro atoms. The third-order valence-electron chi connectivity index (χ3n) is 6.18. The zero-order valence-electron chi connectivity index (χ0n) is 18.8. The molecule has 5 atom stereocenters. The van der Waals surface area contributed by atoms with Gasteiger partial charge in [-0.15, -0.1) is 0 Å². The van der Waals surface area contributed by atoms with Crippen LogP contribution in [0.5, 0.6) is 0 Å². The first-order chi connectivity index (χ1) is 16.2. The molecule has 4 rings (SSSR count). The highest BCUT2D eigenvalue weighted by Gasteiger charge is 2.44. The van der Waals surface area contributed by atoms with Crippen molar-refractivity contribution in [2.24, 2.45) is 11.7 Å². The van der Waals surface area contributed by atoms with E-state index in [0.717, 1.165) is 16.7 Å².